The Balaban J connectivity index is 2.52. The van der Waals surface area contributed by atoms with E-state index < -0.39 is 6.10 Å². The van der Waals surface area contributed by atoms with E-state index in [0.29, 0.717) is 33.6 Å². The number of aliphatic hydroxyl groups is 1. The number of hydrogen-bond donors (Lipinski definition) is 1. The molecule has 2 unspecified atom stereocenters. The first-order chi connectivity index (χ1) is 7.09. The summed E-state index contributed by atoms with van der Waals surface area (Å²) in [5.74, 6) is 0.315. The second-order valence-corrected chi connectivity index (χ2v) is 5.63. The van der Waals surface area contributed by atoms with Gasteiger partial charge in [-0.1, -0.05) is 18.5 Å². The van der Waals surface area contributed by atoms with Gasteiger partial charge < -0.3 is 5.11 Å². The topological polar surface area (TPSA) is 20.2 Å². The minimum Gasteiger partial charge on any atom is -0.388 e. The predicted molar refractivity (Wildman–Crippen MR) is 61.7 cm³/mol. The summed E-state index contributed by atoms with van der Waals surface area (Å²) in [6.07, 6.45) is -0.0194. The molecule has 0 fully saturated rings. The summed E-state index contributed by atoms with van der Waals surface area (Å²) >= 11 is 7.64. The van der Waals surface area contributed by atoms with Crippen LogP contribution in [0.3, 0.4) is 0 Å². The standard InChI is InChI=1S/C11H12ClFOS/c1-6-4-10(14)11-7(5-15-6)9(13)3-2-8(11)12/h2-3,6,10,14H,4-5H2,1H3. The number of aliphatic hydroxyl groups excluding tert-OH is 1. The Bertz CT molecular complexity index is 383. The summed E-state index contributed by atoms with van der Waals surface area (Å²) in [7, 11) is 0. The molecule has 2 atom stereocenters. The molecule has 2 rings (SSSR count). The van der Waals surface area contributed by atoms with Gasteiger partial charge in [0.25, 0.3) is 0 Å². The van der Waals surface area contributed by atoms with Crippen molar-refractivity contribution in [2.24, 2.45) is 0 Å². The lowest BCUT2D eigenvalue weighted by molar-refractivity contribution is 0.168. The molecule has 82 valence electrons. The largest absolute Gasteiger partial charge is 0.388 e. The van der Waals surface area contributed by atoms with E-state index in [1.807, 2.05) is 6.92 Å². The molecular weight excluding hydrogens is 235 g/mol. The van der Waals surface area contributed by atoms with Crippen molar-refractivity contribution in [3.8, 4) is 0 Å². The normalized spacial score (nSPS) is 25.9. The Morgan fingerprint density at radius 2 is 2.27 bits per heavy atom. The molecule has 0 aromatic heterocycles. The number of hydrogen-bond acceptors (Lipinski definition) is 2. The minimum atomic E-state index is -0.645. The summed E-state index contributed by atoms with van der Waals surface area (Å²) in [4.78, 5) is 0. The third-order valence-electron chi connectivity index (χ3n) is 2.65. The highest BCUT2D eigenvalue weighted by Crippen LogP contribution is 2.39. The maximum Gasteiger partial charge on any atom is 0.127 e. The number of fused-ring (bicyclic) bond motifs is 1. The van der Waals surface area contributed by atoms with E-state index in [9.17, 15) is 9.50 Å². The molecule has 0 saturated carbocycles. The predicted octanol–water partition coefficient (Wildman–Crippen LogP) is 3.54. The van der Waals surface area contributed by atoms with Crippen LogP contribution in [0.5, 0.6) is 0 Å². The molecule has 0 radical (unpaired) electrons. The minimum absolute atomic E-state index is 0.268. The van der Waals surface area contributed by atoms with Crippen molar-refractivity contribution in [2.45, 2.75) is 30.5 Å². The van der Waals surface area contributed by atoms with Gasteiger partial charge in [-0.15, -0.1) is 0 Å². The van der Waals surface area contributed by atoms with Gasteiger partial charge in [0.2, 0.25) is 0 Å². The summed E-state index contributed by atoms with van der Waals surface area (Å²) < 4.78 is 13.5. The van der Waals surface area contributed by atoms with Crippen LogP contribution in [0, 0.1) is 5.82 Å². The van der Waals surface area contributed by atoms with E-state index in [-0.39, 0.29) is 5.82 Å². The molecule has 0 bridgehead atoms. The van der Waals surface area contributed by atoms with Gasteiger partial charge in [-0.2, -0.15) is 11.8 Å². The van der Waals surface area contributed by atoms with Gasteiger partial charge in [0.15, 0.2) is 0 Å². The van der Waals surface area contributed by atoms with Crippen LogP contribution in [0.2, 0.25) is 5.02 Å². The molecule has 1 aromatic carbocycles. The van der Waals surface area contributed by atoms with Gasteiger partial charge in [0.05, 0.1) is 6.10 Å². The van der Waals surface area contributed by atoms with Crippen LogP contribution >= 0.6 is 23.4 Å². The van der Waals surface area contributed by atoms with Crippen molar-refractivity contribution >= 4 is 23.4 Å². The van der Waals surface area contributed by atoms with Gasteiger partial charge in [-0.05, 0) is 18.6 Å². The van der Waals surface area contributed by atoms with Crippen molar-refractivity contribution < 1.29 is 9.50 Å². The van der Waals surface area contributed by atoms with E-state index in [1.165, 1.54) is 12.1 Å². The Kier molecular flexibility index (Phi) is 3.24. The molecule has 15 heavy (non-hydrogen) atoms. The summed E-state index contributed by atoms with van der Waals surface area (Å²) in [6, 6.07) is 2.88. The van der Waals surface area contributed by atoms with E-state index in [1.54, 1.807) is 11.8 Å². The first-order valence-electron chi connectivity index (χ1n) is 4.86. The van der Waals surface area contributed by atoms with Gasteiger partial charge in [0, 0.05) is 27.2 Å². The Hall–Kier alpha value is -0.250. The Morgan fingerprint density at radius 1 is 1.53 bits per heavy atom. The lowest BCUT2D eigenvalue weighted by atomic mass is 10.00. The van der Waals surface area contributed by atoms with E-state index in [0.717, 1.165) is 0 Å². The fourth-order valence-electron chi connectivity index (χ4n) is 1.84. The first kappa shape index (κ1) is 11.2. The summed E-state index contributed by atoms with van der Waals surface area (Å²) in [6.45, 7) is 2.03. The molecule has 1 heterocycles. The average Bonchev–Trinajstić information content (AvgIpc) is 2.32. The molecule has 0 spiro atoms. The summed E-state index contributed by atoms with van der Waals surface area (Å²) in [5, 5.41) is 10.7. The molecule has 0 saturated heterocycles. The van der Waals surface area contributed by atoms with Crippen LogP contribution in [0.15, 0.2) is 12.1 Å². The highest BCUT2D eigenvalue weighted by molar-refractivity contribution is 7.99. The molecule has 1 nitrogen and oxygen atoms in total. The third kappa shape index (κ3) is 2.14. The van der Waals surface area contributed by atoms with Crippen LogP contribution in [0.4, 0.5) is 4.39 Å². The highest BCUT2D eigenvalue weighted by Gasteiger charge is 2.25. The highest BCUT2D eigenvalue weighted by atomic mass is 35.5. The molecule has 1 aliphatic rings. The van der Waals surface area contributed by atoms with Crippen molar-refractivity contribution in [1.82, 2.24) is 0 Å². The summed E-state index contributed by atoms with van der Waals surface area (Å²) in [5.41, 5.74) is 1.14. The van der Waals surface area contributed by atoms with Crippen LogP contribution in [0.1, 0.15) is 30.6 Å². The van der Waals surface area contributed by atoms with Gasteiger partial charge in [0.1, 0.15) is 5.82 Å². The quantitative estimate of drug-likeness (QED) is 0.756. The molecule has 0 aliphatic carbocycles. The van der Waals surface area contributed by atoms with Crippen molar-refractivity contribution in [1.29, 1.82) is 0 Å². The molecule has 0 amide bonds. The second kappa shape index (κ2) is 4.32. The molecule has 1 aromatic rings. The number of rotatable bonds is 0. The van der Waals surface area contributed by atoms with Crippen LogP contribution in [0.25, 0.3) is 0 Å². The van der Waals surface area contributed by atoms with Gasteiger partial charge in [-0.3, -0.25) is 0 Å². The molecule has 1 aliphatic heterocycles. The monoisotopic (exact) mass is 246 g/mol. The maximum atomic E-state index is 13.5. The zero-order valence-electron chi connectivity index (χ0n) is 8.34. The van der Waals surface area contributed by atoms with Crippen LogP contribution < -0.4 is 0 Å². The number of halogens is 2. The van der Waals surface area contributed by atoms with Crippen molar-refractivity contribution in [3.63, 3.8) is 0 Å². The Morgan fingerprint density at radius 3 is 3.00 bits per heavy atom. The lowest BCUT2D eigenvalue weighted by Crippen LogP contribution is -2.05. The van der Waals surface area contributed by atoms with Crippen molar-refractivity contribution in [2.75, 3.05) is 0 Å². The Labute approximate surface area is 97.6 Å². The lowest BCUT2D eigenvalue weighted by Gasteiger charge is -2.14. The van der Waals surface area contributed by atoms with E-state index in [2.05, 4.69) is 0 Å². The molecule has 4 heteroatoms. The number of thioether (sulfide) groups is 1. The smallest absolute Gasteiger partial charge is 0.127 e. The molecule has 1 N–H and O–H groups in total. The van der Waals surface area contributed by atoms with Gasteiger partial charge in [-0.25, -0.2) is 4.39 Å². The zero-order valence-corrected chi connectivity index (χ0v) is 9.91. The maximum absolute atomic E-state index is 13.5. The molecular formula is C11H12ClFOS. The van der Waals surface area contributed by atoms with Crippen LogP contribution in [-0.4, -0.2) is 10.4 Å². The van der Waals surface area contributed by atoms with Crippen LogP contribution in [-0.2, 0) is 5.75 Å². The van der Waals surface area contributed by atoms with Gasteiger partial charge >= 0.3 is 0 Å². The average molecular weight is 247 g/mol. The van der Waals surface area contributed by atoms with Crippen molar-refractivity contribution in [3.05, 3.63) is 34.1 Å². The van der Waals surface area contributed by atoms with E-state index >= 15 is 0 Å². The second-order valence-electron chi connectivity index (χ2n) is 3.79. The van der Waals surface area contributed by atoms with E-state index in [4.69, 9.17) is 11.6 Å². The third-order valence-corrected chi connectivity index (χ3v) is 4.19. The number of benzene rings is 1. The SMILES string of the molecule is CC1CC(O)c2c(Cl)ccc(F)c2CS1. The first-order valence-corrected chi connectivity index (χ1v) is 6.28. The fourth-order valence-corrected chi connectivity index (χ4v) is 3.21. The zero-order chi connectivity index (χ0) is 11.0. The fraction of sp³-hybridized carbons (Fsp3) is 0.455.